The molecule has 4 atom stereocenters. The molecule has 2 aromatic heterocycles. The maximum absolute atomic E-state index is 10.6. The monoisotopic (exact) mass is 351 g/mol. The van der Waals surface area contributed by atoms with Gasteiger partial charge in [-0.05, 0) is 0 Å². The Labute approximate surface area is 143 Å². The summed E-state index contributed by atoms with van der Waals surface area (Å²) in [7, 11) is 0. The fourth-order valence-corrected chi connectivity index (χ4v) is 2.85. The molecule has 0 aliphatic carbocycles. The molecule has 2 aromatic rings. The molecule has 11 nitrogen and oxygen atoms in total. The smallest absolute Gasteiger partial charge is 0.270 e. The molecule has 25 heavy (non-hydrogen) atoms. The summed E-state index contributed by atoms with van der Waals surface area (Å²) >= 11 is 0. The van der Waals surface area contributed by atoms with E-state index in [1.165, 1.54) is 10.9 Å². The molecule has 1 aliphatic heterocycles. The van der Waals surface area contributed by atoms with Crippen molar-refractivity contribution in [1.82, 2.24) is 24.9 Å². The molecular formula is C14H21N7O4. The van der Waals surface area contributed by atoms with Crippen molar-refractivity contribution in [2.24, 2.45) is 5.10 Å². The van der Waals surface area contributed by atoms with Crippen LogP contribution in [-0.4, -0.2) is 66.5 Å². The standard InChI is InChI=1S/C14H21N7O4/c1-6(2)12-18-11(15)8-13(19-12)21(5-17-8)14(20-16-3)10(24)9(23)7(4-22)25-14/h5-7,9-10,20,22-24H,3-4H2,1-2H3,(H2,15,18,19)/t7-,9-,10-,14+/m1/s1. The normalized spacial score (nSPS) is 29.4. The number of rotatable bonds is 5. The van der Waals surface area contributed by atoms with Crippen LogP contribution < -0.4 is 11.2 Å². The zero-order valence-electron chi connectivity index (χ0n) is 13.9. The van der Waals surface area contributed by atoms with Gasteiger partial charge in [0.25, 0.3) is 5.85 Å². The number of nitrogens with two attached hydrogens (primary N) is 1. The summed E-state index contributed by atoms with van der Waals surface area (Å²) in [6.45, 7) is 6.66. The van der Waals surface area contributed by atoms with Crippen LogP contribution in [0.1, 0.15) is 25.6 Å². The number of hydrogen-bond acceptors (Lipinski definition) is 10. The second-order valence-corrected chi connectivity index (χ2v) is 6.15. The molecule has 0 spiro atoms. The average Bonchev–Trinajstić information content (AvgIpc) is 3.11. The van der Waals surface area contributed by atoms with E-state index in [1.807, 2.05) is 13.8 Å². The van der Waals surface area contributed by atoms with Crippen LogP contribution in [0.25, 0.3) is 11.2 Å². The first-order valence-corrected chi connectivity index (χ1v) is 7.74. The van der Waals surface area contributed by atoms with Crippen molar-refractivity contribution in [3.63, 3.8) is 0 Å². The van der Waals surface area contributed by atoms with Crippen LogP contribution in [0.3, 0.4) is 0 Å². The van der Waals surface area contributed by atoms with E-state index in [4.69, 9.17) is 10.5 Å². The van der Waals surface area contributed by atoms with Gasteiger partial charge in [0, 0.05) is 12.6 Å². The van der Waals surface area contributed by atoms with E-state index in [0.717, 1.165) is 0 Å². The van der Waals surface area contributed by atoms with Crippen LogP contribution >= 0.6 is 0 Å². The van der Waals surface area contributed by atoms with Gasteiger partial charge in [0.15, 0.2) is 17.6 Å². The second kappa shape index (κ2) is 6.19. The van der Waals surface area contributed by atoms with E-state index < -0.39 is 30.8 Å². The van der Waals surface area contributed by atoms with Gasteiger partial charge >= 0.3 is 0 Å². The highest BCUT2D eigenvalue weighted by molar-refractivity contribution is 5.81. The number of ether oxygens (including phenoxy) is 1. The fraction of sp³-hybridized carbons (Fsp3) is 0.571. The van der Waals surface area contributed by atoms with Crippen molar-refractivity contribution in [1.29, 1.82) is 0 Å². The number of nitrogen functional groups attached to an aromatic ring is 1. The zero-order chi connectivity index (χ0) is 18.4. The van der Waals surface area contributed by atoms with Crippen molar-refractivity contribution in [3.05, 3.63) is 12.2 Å². The predicted octanol–water partition coefficient (Wildman–Crippen LogP) is -1.54. The van der Waals surface area contributed by atoms with Crippen LogP contribution in [0.4, 0.5) is 5.82 Å². The molecule has 3 heterocycles. The molecule has 0 aromatic carbocycles. The third-order valence-electron chi connectivity index (χ3n) is 4.17. The Morgan fingerprint density at radius 3 is 2.76 bits per heavy atom. The molecule has 1 fully saturated rings. The highest BCUT2D eigenvalue weighted by Gasteiger charge is 2.56. The molecule has 0 unspecified atom stereocenters. The SMILES string of the molecule is C=NN[C@@]1(n2cnc3c(N)nc(C(C)C)nc32)O[C@H](CO)[C@@H](O)[C@H]1O. The Kier molecular flexibility index (Phi) is 4.33. The summed E-state index contributed by atoms with van der Waals surface area (Å²) in [5.41, 5.74) is 9.12. The van der Waals surface area contributed by atoms with Gasteiger partial charge in [-0.15, -0.1) is 0 Å². The van der Waals surface area contributed by atoms with E-state index >= 15 is 0 Å². The van der Waals surface area contributed by atoms with Crippen molar-refractivity contribution < 1.29 is 20.1 Å². The molecule has 6 N–H and O–H groups in total. The maximum atomic E-state index is 10.6. The third-order valence-corrected chi connectivity index (χ3v) is 4.17. The van der Waals surface area contributed by atoms with E-state index in [1.54, 1.807) is 0 Å². The Bertz CT molecular complexity index is 795. The van der Waals surface area contributed by atoms with E-state index in [0.29, 0.717) is 11.3 Å². The van der Waals surface area contributed by atoms with Gasteiger partial charge < -0.3 is 25.8 Å². The minimum absolute atomic E-state index is 0.00156. The van der Waals surface area contributed by atoms with Gasteiger partial charge in [0.2, 0.25) is 0 Å². The zero-order valence-corrected chi connectivity index (χ0v) is 13.9. The van der Waals surface area contributed by atoms with Gasteiger partial charge in [0.05, 0.1) is 6.61 Å². The Morgan fingerprint density at radius 1 is 1.48 bits per heavy atom. The lowest BCUT2D eigenvalue weighted by Crippen LogP contribution is -2.54. The molecule has 0 saturated carbocycles. The van der Waals surface area contributed by atoms with Crippen LogP contribution in [0, 0.1) is 0 Å². The Morgan fingerprint density at radius 2 is 2.20 bits per heavy atom. The van der Waals surface area contributed by atoms with Crippen LogP contribution in [-0.2, 0) is 10.6 Å². The Balaban J connectivity index is 2.23. The lowest BCUT2D eigenvalue weighted by atomic mass is 10.1. The molecular weight excluding hydrogens is 330 g/mol. The van der Waals surface area contributed by atoms with E-state index in [-0.39, 0.29) is 17.4 Å². The molecule has 136 valence electrons. The third kappa shape index (κ3) is 2.52. The molecule has 3 rings (SSSR count). The summed E-state index contributed by atoms with van der Waals surface area (Å²) in [6, 6.07) is 0. The summed E-state index contributed by atoms with van der Waals surface area (Å²) in [5, 5.41) is 33.7. The van der Waals surface area contributed by atoms with Gasteiger partial charge in [-0.25, -0.2) is 15.0 Å². The molecule has 1 aliphatic rings. The number of aliphatic hydroxyl groups excluding tert-OH is 3. The topological polar surface area (TPSA) is 164 Å². The number of hydrazone groups is 1. The van der Waals surface area contributed by atoms with Gasteiger partial charge in [-0.2, -0.15) is 5.10 Å². The van der Waals surface area contributed by atoms with Gasteiger partial charge in [0.1, 0.15) is 29.9 Å². The van der Waals surface area contributed by atoms with E-state index in [2.05, 4.69) is 32.2 Å². The molecule has 0 amide bonds. The van der Waals surface area contributed by atoms with Gasteiger partial charge in [-0.3, -0.25) is 9.99 Å². The summed E-state index contributed by atoms with van der Waals surface area (Å²) in [6.07, 6.45) is -2.54. The Hall–Kier alpha value is -2.34. The molecule has 0 radical (unpaired) electrons. The largest absolute Gasteiger partial charge is 0.394 e. The first-order valence-electron chi connectivity index (χ1n) is 7.74. The first-order chi connectivity index (χ1) is 11.9. The lowest BCUT2D eigenvalue weighted by Gasteiger charge is -2.32. The predicted molar refractivity (Wildman–Crippen MR) is 88.5 cm³/mol. The number of aromatic nitrogens is 4. The molecule has 11 heteroatoms. The van der Waals surface area contributed by atoms with Crippen LogP contribution in [0.2, 0.25) is 0 Å². The maximum Gasteiger partial charge on any atom is 0.270 e. The highest BCUT2D eigenvalue weighted by Crippen LogP contribution is 2.36. The van der Waals surface area contributed by atoms with E-state index in [9.17, 15) is 15.3 Å². The van der Waals surface area contributed by atoms with Crippen LogP contribution in [0.15, 0.2) is 11.4 Å². The number of anilines is 1. The fourth-order valence-electron chi connectivity index (χ4n) is 2.85. The minimum atomic E-state index is -1.75. The van der Waals surface area contributed by atoms with Crippen LogP contribution in [0.5, 0.6) is 0 Å². The highest BCUT2D eigenvalue weighted by atomic mass is 16.6. The molecule has 1 saturated heterocycles. The summed E-state index contributed by atoms with van der Waals surface area (Å²) in [4.78, 5) is 12.8. The number of nitrogens with one attached hydrogen (secondary N) is 1. The second-order valence-electron chi connectivity index (χ2n) is 6.15. The van der Waals surface area contributed by atoms with Gasteiger partial charge in [-0.1, -0.05) is 13.8 Å². The van der Waals surface area contributed by atoms with Crippen molar-refractivity contribution >= 4 is 23.7 Å². The summed E-state index contributed by atoms with van der Waals surface area (Å²) < 4.78 is 7.05. The number of nitrogens with zero attached hydrogens (tertiary/aromatic N) is 5. The number of imidazole rings is 1. The van der Waals surface area contributed by atoms with Crippen molar-refractivity contribution in [2.45, 2.75) is 43.9 Å². The number of aliphatic hydroxyl groups is 3. The molecule has 0 bridgehead atoms. The average molecular weight is 351 g/mol. The van der Waals surface area contributed by atoms with Crippen molar-refractivity contribution in [3.8, 4) is 0 Å². The number of hydrogen-bond donors (Lipinski definition) is 5. The minimum Gasteiger partial charge on any atom is -0.394 e. The van der Waals surface area contributed by atoms with Crippen molar-refractivity contribution in [2.75, 3.05) is 12.3 Å². The lowest BCUT2D eigenvalue weighted by molar-refractivity contribution is -0.167. The summed E-state index contributed by atoms with van der Waals surface area (Å²) in [5.74, 6) is -1.08. The number of fused-ring (bicyclic) bond motifs is 1. The first kappa shape index (κ1) is 17.5. The quantitative estimate of drug-likeness (QED) is 0.317.